The first-order valence-corrected chi connectivity index (χ1v) is 6.55. The number of carbonyl (C=O) groups excluding carboxylic acids is 1. The summed E-state index contributed by atoms with van der Waals surface area (Å²) < 4.78 is 0. The third-order valence-electron chi connectivity index (χ3n) is 3.27. The van der Waals surface area contributed by atoms with Crippen LogP contribution in [-0.4, -0.2) is 34.5 Å². The molecule has 0 saturated carbocycles. The molecule has 0 aliphatic carbocycles. The van der Waals surface area contributed by atoms with Gasteiger partial charge in [0.15, 0.2) is 0 Å². The first-order chi connectivity index (χ1) is 8.54. The SMILES string of the molecule is CC(=O)N1CCc2cc(C(O)C(O)CS)ccc21. The van der Waals surface area contributed by atoms with Crippen LogP contribution in [0.5, 0.6) is 0 Å². The average molecular weight is 267 g/mol. The highest BCUT2D eigenvalue weighted by molar-refractivity contribution is 7.80. The molecule has 98 valence electrons. The number of amides is 1. The molecule has 0 bridgehead atoms. The second kappa shape index (κ2) is 5.30. The smallest absolute Gasteiger partial charge is 0.223 e. The van der Waals surface area contributed by atoms with Crippen LogP contribution in [0.3, 0.4) is 0 Å². The lowest BCUT2D eigenvalue weighted by molar-refractivity contribution is -0.116. The van der Waals surface area contributed by atoms with Crippen LogP contribution in [0.25, 0.3) is 0 Å². The van der Waals surface area contributed by atoms with Crippen LogP contribution in [0.4, 0.5) is 5.69 Å². The Balaban J connectivity index is 2.27. The standard InChI is InChI=1S/C13H17NO3S/c1-8(15)14-5-4-9-6-10(2-3-11(9)14)13(17)12(16)7-18/h2-3,6,12-13,16-18H,4-5,7H2,1H3. The van der Waals surface area contributed by atoms with Crippen molar-refractivity contribution in [2.24, 2.45) is 0 Å². The van der Waals surface area contributed by atoms with Gasteiger partial charge in [-0.15, -0.1) is 0 Å². The van der Waals surface area contributed by atoms with Crippen molar-refractivity contribution in [3.63, 3.8) is 0 Å². The number of nitrogens with zero attached hydrogens (tertiary/aromatic N) is 1. The van der Waals surface area contributed by atoms with Crippen LogP contribution in [0.1, 0.15) is 24.2 Å². The zero-order valence-electron chi connectivity index (χ0n) is 10.2. The Hall–Kier alpha value is -1.04. The molecular weight excluding hydrogens is 250 g/mol. The van der Waals surface area contributed by atoms with Gasteiger partial charge in [0.25, 0.3) is 0 Å². The summed E-state index contributed by atoms with van der Waals surface area (Å²) in [6, 6.07) is 5.43. The molecule has 5 heteroatoms. The van der Waals surface area contributed by atoms with Gasteiger partial charge in [0.1, 0.15) is 6.10 Å². The number of hydrogen-bond acceptors (Lipinski definition) is 4. The Kier molecular flexibility index (Phi) is 3.94. The molecule has 2 unspecified atom stereocenters. The lowest BCUT2D eigenvalue weighted by Gasteiger charge is -2.18. The number of aliphatic hydroxyl groups excluding tert-OH is 2. The van der Waals surface area contributed by atoms with E-state index in [0.717, 1.165) is 17.7 Å². The van der Waals surface area contributed by atoms with Gasteiger partial charge in [-0.25, -0.2) is 0 Å². The summed E-state index contributed by atoms with van der Waals surface area (Å²) in [4.78, 5) is 13.1. The number of hydrogen-bond donors (Lipinski definition) is 3. The molecule has 2 atom stereocenters. The number of benzene rings is 1. The maximum atomic E-state index is 11.4. The highest BCUT2D eigenvalue weighted by Gasteiger charge is 2.24. The number of thiol groups is 1. The van der Waals surface area contributed by atoms with Gasteiger partial charge in [-0.2, -0.15) is 12.6 Å². The fraction of sp³-hybridized carbons (Fsp3) is 0.462. The maximum Gasteiger partial charge on any atom is 0.223 e. The van der Waals surface area contributed by atoms with E-state index < -0.39 is 12.2 Å². The first kappa shape index (κ1) is 13.4. The predicted octanol–water partition coefficient (Wildman–Crippen LogP) is 0.920. The summed E-state index contributed by atoms with van der Waals surface area (Å²) >= 11 is 3.96. The molecule has 2 rings (SSSR count). The van der Waals surface area contributed by atoms with Gasteiger partial charge in [0.2, 0.25) is 5.91 Å². The van der Waals surface area contributed by atoms with E-state index >= 15 is 0 Å². The molecule has 1 amide bonds. The minimum absolute atomic E-state index is 0.0254. The van der Waals surface area contributed by atoms with Gasteiger partial charge >= 0.3 is 0 Å². The van der Waals surface area contributed by atoms with Gasteiger partial charge in [0, 0.05) is 24.9 Å². The van der Waals surface area contributed by atoms with Crippen LogP contribution in [0.2, 0.25) is 0 Å². The van der Waals surface area contributed by atoms with E-state index in [2.05, 4.69) is 12.6 Å². The summed E-state index contributed by atoms with van der Waals surface area (Å²) in [5.74, 6) is 0.232. The molecule has 0 spiro atoms. The maximum absolute atomic E-state index is 11.4. The molecule has 0 radical (unpaired) electrons. The summed E-state index contributed by atoms with van der Waals surface area (Å²) in [5.41, 5.74) is 2.60. The van der Waals surface area contributed by atoms with Crippen molar-refractivity contribution in [3.8, 4) is 0 Å². The van der Waals surface area contributed by atoms with Crippen LogP contribution >= 0.6 is 12.6 Å². The lowest BCUT2D eigenvalue weighted by Crippen LogP contribution is -2.25. The largest absolute Gasteiger partial charge is 0.389 e. The van der Waals surface area contributed by atoms with Crippen LogP contribution in [0.15, 0.2) is 18.2 Å². The highest BCUT2D eigenvalue weighted by Crippen LogP contribution is 2.31. The third kappa shape index (κ3) is 2.39. The topological polar surface area (TPSA) is 60.8 Å². The molecule has 0 aromatic heterocycles. The number of fused-ring (bicyclic) bond motifs is 1. The second-order valence-corrected chi connectivity index (χ2v) is 4.87. The Bertz CT molecular complexity index is 464. The summed E-state index contributed by atoms with van der Waals surface area (Å²) in [7, 11) is 0. The van der Waals surface area contributed by atoms with Crippen LogP contribution < -0.4 is 4.90 Å². The Morgan fingerprint density at radius 1 is 1.50 bits per heavy atom. The van der Waals surface area contributed by atoms with E-state index in [0.29, 0.717) is 12.1 Å². The monoisotopic (exact) mass is 267 g/mol. The van der Waals surface area contributed by atoms with Crippen LogP contribution in [0, 0.1) is 0 Å². The molecular formula is C13H17NO3S. The summed E-state index contributed by atoms with van der Waals surface area (Å²) in [6.45, 7) is 2.22. The van der Waals surface area contributed by atoms with Crippen molar-refractivity contribution >= 4 is 24.2 Å². The van der Waals surface area contributed by atoms with Crippen LogP contribution in [-0.2, 0) is 11.2 Å². The second-order valence-electron chi connectivity index (χ2n) is 4.50. The van der Waals surface area contributed by atoms with Crippen molar-refractivity contribution < 1.29 is 15.0 Å². The Morgan fingerprint density at radius 2 is 2.22 bits per heavy atom. The van der Waals surface area contributed by atoms with E-state index in [-0.39, 0.29) is 11.7 Å². The van der Waals surface area contributed by atoms with E-state index in [1.165, 1.54) is 0 Å². The van der Waals surface area contributed by atoms with E-state index in [1.807, 2.05) is 12.1 Å². The molecule has 1 aromatic rings. The van der Waals surface area contributed by atoms with Gasteiger partial charge in [-0.05, 0) is 23.6 Å². The van der Waals surface area contributed by atoms with Crippen molar-refractivity contribution in [1.29, 1.82) is 0 Å². The normalized spacial score (nSPS) is 17.4. The third-order valence-corrected chi connectivity index (χ3v) is 3.65. The number of anilines is 1. The minimum atomic E-state index is -0.931. The van der Waals surface area contributed by atoms with Crippen molar-refractivity contribution in [2.75, 3.05) is 17.2 Å². The molecule has 1 heterocycles. The van der Waals surface area contributed by atoms with E-state index in [1.54, 1.807) is 17.9 Å². The Morgan fingerprint density at radius 3 is 2.83 bits per heavy atom. The molecule has 1 aliphatic heterocycles. The average Bonchev–Trinajstić information content (AvgIpc) is 2.79. The van der Waals surface area contributed by atoms with E-state index in [4.69, 9.17) is 0 Å². The molecule has 1 aliphatic rings. The van der Waals surface area contributed by atoms with Crippen molar-refractivity contribution in [2.45, 2.75) is 25.6 Å². The van der Waals surface area contributed by atoms with Gasteiger partial charge in [0.05, 0.1) is 6.10 Å². The molecule has 4 nitrogen and oxygen atoms in total. The van der Waals surface area contributed by atoms with E-state index in [9.17, 15) is 15.0 Å². The summed E-state index contributed by atoms with van der Waals surface area (Å²) in [5, 5.41) is 19.5. The number of carbonyl (C=O) groups is 1. The minimum Gasteiger partial charge on any atom is -0.389 e. The fourth-order valence-corrected chi connectivity index (χ4v) is 2.45. The van der Waals surface area contributed by atoms with Crippen molar-refractivity contribution in [3.05, 3.63) is 29.3 Å². The predicted molar refractivity (Wildman–Crippen MR) is 73.0 cm³/mol. The first-order valence-electron chi connectivity index (χ1n) is 5.92. The Labute approximate surface area is 112 Å². The molecule has 2 N–H and O–H groups in total. The fourth-order valence-electron chi connectivity index (χ4n) is 2.25. The van der Waals surface area contributed by atoms with Gasteiger partial charge in [-0.1, -0.05) is 12.1 Å². The quantitative estimate of drug-likeness (QED) is 0.714. The molecule has 0 saturated heterocycles. The molecule has 1 aromatic carbocycles. The van der Waals surface area contributed by atoms with Gasteiger partial charge in [-0.3, -0.25) is 4.79 Å². The highest BCUT2D eigenvalue weighted by atomic mass is 32.1. The van der Waals surface area contributed by atoms with Crippen molar-refractivity contribution in [1.82, 2.24) is 0 Å². The van der Waals surface area contributed by atoms with Gasteiger partial charge < -0.3 is 15.1 Å². The molecule has 18 heavy (non-hydrogen) atoms. The number of rotatable bonds is 3. The zero-order valence-corrected chi connectivity index (χ0v) is 11.1. The zero-order chi connectivity index (χ0) is 13.3. The molecule has 0 fully saturated rings. The lowest BCUT2D eigenvalue weighted by atomic mass is 10.0. The number of aliphatic hydroxyl groups is 2. The summed E-state index contributed by atoms with van der Waals surface area (Å²) in [6.07, 6.45) is -1.03.